The van der Waals surface area contributed by atoms with E-state index in [9.17, 15) is 4.79 Å². The molecule has 0 fully saturated rings. The lowest BCUT2D eigenvalue weighted by atomic mass is 10.0. The number of hydrogen-bond donors (Lipinski definition) is 1. The molecule has 2 aromatic carbocycles. The summed E-state index contributed by atoms with van der Waals surface area (Å²) in [7, 11) is 1.38. The van der Waals surface area contributed by atoms with Crippen LogP contribution >= 0.6 is 23.2 Å². The molecule has 0 aliphatic heterocycles. The molecule has 0 aliphatic carbocycles. The van der Waals surface area contributed by atoms with Gasteiger partial charge in [0, 0.05) is 12.6 Å². The smallest absolute Gasteiger partial charge is 0.307 e. The van der Waals surface area contributed by atoms with Crippen molar-refractivity contribution in [2.75, 3.05) is 7.11 Å². The Morgan fingerprint density at radius 2 is 1.86 bits per heavy atom. The standard InChI is InChI=1S/C17H17Cl2NO2/c1-22-17(21)10-16(13-7-8-14(18)15(19)9-13)20-11-12-5-3-2-4-6-12/h2-9,16,20H,10-11H2,1H3/t16-/m0/s1. The summed E-state index contributed by atoms with van der Waals surface area (Å²) in [6.07, 6.45) is 0.224. The third-order valence-electron chi connectivity index (χ3n) is 3.34. The van der Waals surface area contributed by atoms with E-state index in [2.05, 4.69) is 5.32 Å². The minimum absolute atomic E-state index is 0.192. The lowest BCUT2D eigenvalue weighted by Crippen LogP contribution is -2.24. The van der Waals surface area contributed by atoms with E-state index in [1.54, 1.807) is 12.1 Å². The molecule has 0 aromatic heterocycles. The summed E-state index contributed by atoms with van der Waals surface area (Å²) in [4.78, 5) is 11.6. The number of ether oxygens (including phenoxy) is 1. The first-order chi connectivity index (χ1) is 10.6. The minimum Gasteiger partial charge on any atom is -0.469 e. The van der Waals surface area contributed by atoms with Crippen molar-refractivity contribution in [3.8, 4) is 0 Å². The fourth-order valence-electron chi connectivity index (χ4n) is 2.12. The molecule has 0 saturated carbocycles. The second-order valence-electron chi connectivity index (χ2n) is 4.87. The van der Waals surface area contributed by atoms with E-state index >= 15 is 0 Å². The Bertz CT molecular complexity index is 632. The van der Waals surface area contributed by atoms with Crippen molar-refractivity contribution < 1.29 is 9.53 Å². The summed E-state index contributed by atoms with van der Waals surface area (Å²) in [5.41, 5.74) is 2.04. The van der Waals surface area contributed by atoms with Crippen LogP contribution in [0.1, 0.15) is 23.6 Å². The maximum atomic E-state index is 11.6. The van der Waals surface area contributed by atoms with Gasteiger partial charge in [-0.1, -0.05) is 59.6 Å². The fourth-order valence-corrected chi connectivity index (χ4v) is 2.43. The predicted molar refractivity (Wildman–Crippen MR) is 89.1 cm³/mol. The van der Waals surface area contributed by atoms with Gasteiger partial charge >= 0.3 is 5.97 Å². The maximum absolute atomic E-state index is 11.6. The highest BCUT2D eigenvalue weighted by atomic mass is 35.5. The molecule has 0 bridgehead atoms. The third kappa shape index (κ3) is 4.73. The molecule has 0 aliphatic rings. The van der Waals surface area contributed by atoms with Gasteiger partial charge in [0.25, 0.3) is 0 Å². The topological polar surface area (TPSA) is 38.3 Å². The zero-order chi connectivity index (χ0) is 15.9. The largest absolute Gasteiger partial charge is 0.469 e. The molecule has 0 spiro atoms. The van der Waals surface area contributed by atoms with Gasteiger partial charge in [-0.2, -0.15) is 0 Å². The summed E-state index contributed by atoms with van der Waals surface area (Å²) in [5, 5.41) is 4.32. The molecule has 2 aromatic rings. The van der Waals surface area contributed by atoms with Crippen molar-refractivity contribution in [1.29, 1.82) is 0 Å². The van der Waals surface area contributed by atoms with E-state index in [0.717, 1.165) is 11.1 Å². The number of methoxy groups -OCH3 is 1. The van der Waals surface area contributed by atoms with Crippen molar-refractivity contribution in [3.63, 3.8) is 0 Å². The molecular weight excluding hydrogens is 321 g/mol. The third-order valence-corrected chi connectivity index (χ3v) is 4.08. The van der Waals surface area contributed by atoms with Crippen molar-refractivity contribution in [3.05, 3.63) is 69.7 Å². The van der Waals surface area contributed by atoms with E-state index in [1.807, 2.05) is 36.4 Å². The maximum Gasteiger partial charge on any atom is 0.307 e. The Labute approximate surface area is 140 Å². The Morgan fingerprint density at radius 1 is 1.14 bits per heavy atom. The molecule has 0 heterocycles. The van der Waals surface area contributed by atoms with Crippen LogP contribution in [-0.2, 0) is 16.1 Å². The summed E-state index contributed by atoms with van der Waals surface area (Å²) in [5.74, 6) is -0.281. The predicted octanol–water partition coefficient (Wildman–Crippen LogP) is 4.39. The van der Waals surface area contributed by atoms with Crippen LogP contribution in [0.2, 0.25) is 10.0 Å². The van der Waals surface area contributed by atoms with Crippen LogP contribution in [0.5, 0.6) is 0 Å². The molecule has 0 amide bonds. The normalized spacial score (nSPS) is 12.0. The van der Waals surface area contributed by atoms with Gasteiger partial charge in [-0.3, -0.25) is 4.79 Å². The van der Waals surface area contributed by atoms with Crippen LogP contribution in [-0.4, -0.2) is 13.1 Å². The number of rotatable bonds is 6. The zero-order valence-electron chi connectivity index (χ0n) is 12.2. The first-order valence-electron chi connectivity index (χ1n) is 6.89. The zero-order valence-corrected chi connectivity index (χ0v) is 13.7. The lowest BCUT2D eigenvalue weighted by Gasteiger charge is -2.19. The first kappa shape index (κ1) is 16.8. The Balaban J connectivity index is 2.14. The molecule has 116 valence electrons. The molecule has 0 radical (unpaired) electrons. The molecule has 3 nitrogen and oxygen atoms in total. The summed E-state index contributed by atoms with van der Waals surface area (Å²) < 4.78 is 4.77. The molecule has 0 unspecified atom stereocenters. The average Bonchev–Trinajstić information content (AvgIpc) is 2.54. The first-order valence-corrected chi connectivity index (χ1v) is 7.65. The molecule has 5 heteroatoms. The Morgan fingerprint density at radius 3 is 2.50 bits per heavy atom. The number of esters is 1. The summed E-state index contributed by atoms with van der Waals surface area (Å²) in [6, 6.07) is 15.1. The van der Waals surface area contributed by atoms with Crippen LogP contribution in [0, 0.1) is 0 Å². The van der Waals surface area contributed by atoms with E-state index in [0.29, 0.717) is 16.6 Å². The van der Waals surface area contributed by atoms with Crippen LogP contribution < -0.4 is 5.32 Å². The minimum atomic E-state index is -0.281. The number of benzene rings is 2. The van der Waals surface area contributed by atoms with Gasteiger partial charge in [0.15, 0.2) is 0 Å². The molecule has 1 atom stereocenters. The molecule has 22 heavy (non-hydrogen) atoms. The quantitative estimate of drug-likeness (QED) is 0.794. The fraction of sp³-hybridized carbons (Fsp3) is 0.235. The van der Waals surface area contributed by atoms with E-state index in [1.165, 1.54) is 7.11 Å². The van der Waals surface area contributed by atoms with Crippen LogP contribution in [0.3, 0.4) is 0 Å². The molecular formula is C17H17Cl2NO2. The summed E-state index contributed by atoms with van der Waals surface area (Å²) in [6.45, 7) is 0.642. The number of nitrogens with one attached hydrogen (secondary N) is 1. The molecule has 2 rings (SSSR count). The highest BCUT2D eigenvalue weighted by molar-refractivity contribution is 6.42. The van der Waals surface area contributed by atoms with Gasteiger partial charge in [-0.05, 0) is 23.3 Å². The van der Waals surface area contributed by atoms with Gasteiger partial charge in [0.2, 0.25) is 0 Å². The molecule has 1 N–H and O–H groups in total. The lowest BCUT2D eigenvalue weighted by molar-refractivity contribution is -0.141. The van der Waals surface area contributed by atoms with Crippen LogP contribution in [0.25, 0.3) is 0 Å². The van der Waals surface area contributed by atoms with Crippen LogP contribution in [0.15, 0.2) is 48.5 Å². The van der Waals surface area contributed by atoms with E-state index in [-0.39, 0.29) is 18.4 Å². The Hall–Kier alpha value is -1.55. The second-order valence-corrected chi connectivity index (χ2v) is 5.69. The van der Waals surface area contributed by atoms with Crippen molar-refractivity contribution >= 4 is 29.2 Å². The summed E-state index contributed by atoms with van der Waals surface area (Å²) >= 11 is 12.0. The number of carbonyl (C=O) groups is 1. The van der Waals surface area contributed by atoms with Gasteiger partial charge in [-0.15, -0.1) is 0 Å². The Kier molecular flexibility index (Phi) is 6.25. The number of carbonyl (C=O) groups excluding carboxylic acids is 1. The number of halogens is 2. The van der Waals surface area contributed by atoms with E-state index < -0.39 is 0 Å². The van der Waals surface area contributed by atoms with Gasteiger partial charge in [0.05, 0.1) is 23.6 Å². The highest BCUT2D eigenvalue weighted by Crippen LogP contribution is 2.27. The van der Waals surface area contributed by atoms with Crippen molar-refractivity contribution in [2.24, 2.45) is 0 Å². The number of hydrogen-bond acceptors (Lipinski definition) is 3. The van der Waals surface area contributed by atoms with Crippen molar-refractivity contribution in [2.45, 2.75) is 19.0 Å². The van der Waals surface area contributed by atoms with Gasteiger partial charge in [0.1, 0.15) is 0 Å². The average molecular weight is 338 g/mol. The van der Waals surface area contributed by atoms with Crippen molar-refractivity contribution in [1.82, 2.24) is 5.32 Å². The van der Waals surface area contributed by atoms with E-state index in [4.69, 9.17) is 27.9 Å². The second kappa shape index (κ2) is 8.18. The molecule has 0 saturated heterocycles. The monoisotopic (exact) mass is 337 g/mol. The van der Waals surface area contributed by atoms with Gasteiger partial charge < -0.3 is 10.1 Å². The SMILES string of the molecule is COC(=O)C[C@H](NCc1ccccc1)c1ccc(Cl)c(Cl)c1. The van der Waals surface area contributed by atoms with Gasteiger partial charge in [-0.25, -0.2) is 0 Å². The van der Waals surface area contributed by atoms with Crippen LogP contribution in [0.4, 0.5) is 0 Å². The highest BCUT2D eigenvalue weighted by Gasteiger charge is 2.17.